The van der Waals surface area contributed by atoms with Gasteiger partial charge in [0.2, 0.25) is 5.91 Å². The highest BCUT2D eigenvalue weighted by Gasteiger charge is 2.41. The van der Waals surface area contributed by atoms with E-state index in [1.54, 1.807) is 37.0 Å². The number of hydrogen-bond donors (Lipinski definition) is 5. The molecule has 216 valence electrons. The summed E-state index contributed by atoms with van der Waals surface area (Å²) in [5, 5.41) is 24.2. The number of aromatic nitrogens is 1. The number of carbonyl (C=O) groups is 1. The predicted octanol–water partition coefficient (Wildman–Crippen LogP) is 3.63. The van der Waals surface area contributed by atoms with Gasteiger partial charge in [0.1, 0.15) is 11.6 Å². The predicted molar refractivity (Wildman–Crippen MR) is 143 cm³/mol. The summed E-state index contributed by atoms with van der Waals surface area (Å²) in [7, 11) is 1.55. The van der Waals surface area contributed by atoms with Crippen LogP contribution in [0.15, 0.2) is 36.5 Å². The Bertz CT molecular complexity index is 1350. The summed E-state index contributed by atoms with van der Waals surface area (Å²) in [6.45, 7) is 1.84. The molecule has 4 rings (SSSR count). The highest BCUT2D eigenvalue weighted by atomic mass is 19.2. The minimum atomic E-state index is -1.26. The maximum atomic E-state index is 13.9. The number of fused-ring (bicyclic) bond motifs is 1. The van der Waals surface area contributed by atoms with Crippen LogP contribution in [-0.4, -0.2) is 59.4 Å². The molecular weight excluding hydrogens is 527 g/mol. The number of hydroxylamine groups is 1. The van der Waals surface area contributed by atoms with Crippen molar-refractivity contribution in [3.05, 3.63) is 65.1 Å². The quantitative estimate of drug-likeness (QED) is 0.136. The van der Waals surface area contributed by atoms with Crippen LogP contribution in [-0.2, 0) is 11.3 Å². The Morgan fingerprint density at radius 2 is 1.98 bits per heavy atom. The first kappa shape index (κ1) is 29.5. The van der Waals surface area contributed by atoms with Crippen LogP contribution in [0.2, 0.25) is 0 Å². The van der Waals surface area contributed by atoms with Crippen LogP contribution in [0.4, 0.5) is 18.9 Å². The molecule has 6 N–H and O–H groups in total. The van der Waals surface area contributed by atoms with Crippen molar-refractivity contribution in [2.45, 2.75) is 38.3 Å². The number of halogens is 3. The molecule has 1 amide bonds. The maximum Gasteiger partial charge on any atom is 0.249 e. The lowest BCUT2D eigenvalue weighted by molar-refractivity contribution is -0.143. The van der Waals surface area contributed by atoms with Crippen molar-refractivity contribution in [2.75, 3.05) is 38.6 Å². The smallest absolute Gasteiger partial charge is 0.249 e. The number of benzene rings is 2. The van der Waals surface area contributed by atoms with Gasteiger partial charge >= 0.3 is 0 Å². The molecule has 0 spiro atoms. The third-order valence-electron chi connectivity index (χ3n) is 7.78. The summed E-state index contributed by atoms with van der Waals surface area (Å²) >= 11 is 0. The fourth-order valence-corrected chi connectivity index (χ4v) is 5.42. The van der Waals surface area contributed by atoms with Crippen molar-refractivity contribution in [3.8, 4) is 5.75 Å². The van der Waals surface area contributed by atoms with Gasteiger partial charge in [0.05, 0.1) is 29.8 Å². The summed E-state index contributed by atoms with van der Waals surface area (Å²) in [6, 6.07) is 6.76. The fraction of sp³-hybridized carbons (Fsp3) is 0.429. The average molecular weight is 562 g/mol. The second-order valence-corrected chi connectivity index (χ2v) is 10.1. The third kappa shape index (κ3) is 6.30. The molecule has 0 bridgehead atoms. The number of likely N-dealkylation sites (tertiary alicyclic amines) is 1. The van der Waals surface area contributed by atoms with Crippen LogP contribution in [0.25, 0.3) is 10.9 Å². The molecule has 1 saturated heterocycles. The number of nitrogens with two attached hydrogens (primary N) is 1. The van der Waals surface area contributed by atoms with Gasteiger partial charge < -0.3 is 25.8 Å². The first-order valence-electron chi connectivity index (χ1n) is 13.1. The number of anilines is 1. The highest BCUT2D eigenvalue weighted by Crippen LogP contribution is 2.40. The van der Waals surface area contributed by atoms with Crippen molar-refractivity contribution < 1.29 is 33.0 Å². The van der Waals surface area contributed by atoms with Crippen molar-refractivity contribution in [2.24, 2.45) is 11.1 Å². The number of rotatable bonds is 11. The lowest BCUT2D eigenvalue weighted by Crippen LogP contribution is -2.49. The maximum absolute atomic E-state index is 13.9. The first-order chi connectivity index (χ1) is 19.2. The van der Waals surface area contributed by atoms with Gasteiger partial charge in [-0.15, -0.1) is 0 Å². The normalized spacial score (nSPS) is 16.1. The summed E-state index contributed by atoms with van der Waals surface area (Å²) in [6.07, 6.45) is 2.05. The van der Waals surface area contributed by atoms with Crippen LogP contribution in [0.1, 0.15) is 42.9 Å². The van der Waals surface area contributed by atoms with Crippen LogP contribution in [0.5, 0.6) is 5.75 Å². The molecule has 0 radical (unpaired) electrons. The summed E-state index contributed by atoms with van der Waals surface area (Å²) in [5.41, 5.74) is 8.57. The number of amides is 1. The number of nitrogens with zero attached hydrogens (tertiary/aromatic N) is 2. The largest absolute Gasteiger partial charge is 0.497 e. The Morgan fingerprint density at radius 1 is 1.23 bits per heavy atom. The van der Waals surface area contributed by atoms with E-state index in [0.717, 1.165) is 6.07 Å². The number of hydrogen-bond acceptors (Lipinski definition) is 8. The van der Waals surface area contributed by atoms with Crippen molar-refractivity contribution in [1.82, 2.24) is 15.4 Å². The molecule has 2 heterocycles. The molecule has 40 heavy (non-hydrogen) atoms. The summed E-state index contributed by atoms with van der Waals surface area (Å²) in [5.74, 6) is -3.19. The minimum absolute atomic E-state index is 0.171. The van der Waals surface area contributed by atoms with E-state index in [0.29, 0.717) is 72.7 Å². The average Bonchev–Trinajstić information content (AvgIpc) is 2.97. The molecule has 3 aromatic rings. The third-order valence-corrected chi connectivity index (χ3v) is 7.78. The van der Waals surface area contributed by atoms with Crippen molar-refractivity contribution in [3.63, 3.8) is 0 Å². The van der Waals surface area contributed by atoms with Gasteiger partial charge in [-0.25, -0.2) is 18.7 Å². The van der Waals surface area contributed by atoms with E-state index >= 15 is 0 Å². The topological polar surface area (TPSA) is 133 Å². The number of carbonyl (C=O) groups excluding carboxylic acids is 1. The van der Waals surface area contributed by atoms with E-state index < -0.39 is 34.9 Å². The molecule has 1 aliphatic rings. The van der Waals surface area contributed by atoms with Crippen LogP contribution < -0.4 is 21.3 Å². The molecule has 1 atom stereocenters. The number of nitrogens with one attached hydrogen (secondary N) is 2. The zero-order valence-electron chi connectivity index (χ0n) is 22.2. The number of pyridine rings is 1. The van der Waals surface area contributed by atoms with E-state index in [-0.39, 0.29) is 25.2 Å². The van der Waals surface area contributed by atoms with Gasteiger partial charge in [0.25, 0.3) is 0 Å². The zero-order valence-corrected chi connectivity index (χ0v) is 22.2. The monoisotopic (exact) mass is 561 g/mol. The van der Waals surface area contributed by atoms with Gasteiger partial charge in [-0.3, -0.25) is 15.0 Å². The zero-order chi connectivity index (χ0) is 28.9. The molecule has 12 heteroatoms. The van der Waals surface area contributed by atoms with Crippen molar-refractivity contribution in [1.29, 1.82) is 0 Å². The Labute approximate surface area is 230 Å². The van der Waals surface area contributed by atoms with Crippen LogP contribution in [0.3, 0.4) is 0 Å². The Kier molecular flexibility index (Phi) is 9.46. The van der Waals surface area contributed by atoms with Crippen LogP contribution in [0, 0.1) is 22.9 Å². The molecule has 9 nitrogen and oxygen atoms in total. The number of ether oxygens (including phenoxy) is 1. The van der Waals surface area contributed by atoms with Gasteiger partial charge in [-0.05, 0) is 68.1 Å². The molecule has 1 aliphatic heterocycles. The molecule has 1 aromatic heterocycles. The van der Waals surface area contributed by atoms with Gasteiger partial charge in [-0.1, -0.05) is 0 Å². The molecule has 1 unspecified atom stereocenters. The van der Waals surface area contributed by atoms with Crippen LogP contribution >= 0.6 is 0 Å². The minimum Gasteiger partial charge on any atom is -0.497 e. The van der Waals surface area contributed by atoms with E-state index in [4.69, 9.17) is 10.5 Å². The summed E-state index contributed by atoms with van der Waals surface area (Å²) < 4.78 is 46.1. The molecule has 0 aliphatic carbocycles. The second-order valence-electron chi connectivity index (χ2n) is 10.1. The fourth-order valence-electron chi connectivity index (χ4n) is 5.42. The standard InChI is InChI=1S/C28H34F3N5O4/c1-40-19-2-3-22-20(14-19)25(17(15-32)16-34-22)24(37)4-5-28(27(38)35-39)6-9-36(10-7-28)11-8-33-23-13-18(29)12-21(30)26(23)31/h2-3,12-14,16,24,33,37,39H,4-11,15,32H2,1H3,(H,35,38). The van der Waals surface area contributed by atoms with E-state index in [2.05, 4.69) is 10.3 Å². The SMILES string of the molecule is COc1ccc2ncc(CN)c(C(O)CCC3(C(=O)NO)CCN(CCNc4cc(F)cc(F)c4F)CC3)c2c1. The Morgan fingerprint density at radius 3 is 2.65 bits per heavy atom. The van der Waals surface area contributed by atoms with Crippen molar-refractivity contribution >= 4 is 22.5 Å². The van der Waals surface area contributed by atoms with E-state index in [9.17, 15) is 28.3 Å². The van der Waals surface area contributed by atoms with Gasteiger partial charge in [0, 0.05) is 43.4 Å². The number of aliphatic hydroxyl groups is 1. The van der Waals surface area contributed by atoms with E-state index in [1.807, 2.05) is 4.90 Å². The molecule has 0 saturated carbocycles. The number of methoxy groups -OCH3 is 1. The van der Waals surface area contributed by atoms with Gasteiger partial charge in [0.15, 0.2) is 11.6 Å². The Balaban J connectivity index is 1.42. The summed E-state index contributed by atoms with van der Waals surface area (Å²) in [4.78, 5) is 19.3. The van der Waals surface area contributed by atoms with Gasteiger partial charge in [-0.2, -0.15) is 0 Å². The number of aliphatic hydroxyl groups excluding tert-OH is 1. The first-order valence-corrected chi connectivity index (χ1v) is 13.1. The van der Waals surface area contributed by atoms with E-state index in [1.165, 1.54) is 0 Å². The molecule has 1 fully saturated rings. The highest BCUT2D eigenvalue weighted by molar-refractivity contribution is 5.85. The lowest BCUT2D eigenvalue weighted by Gasteiger charge is -2.40. The number of piperidine rings is 1. The molecule has 2 aromatic carbocycles. The Hall–Kier alpha value is -3.45. The molecular formula is C28H34F3N5O4. The lowest BCUT2D eigenvalue weighted by atomic mass is 9.73. The second kappa shape index (κ2) is 12.8.